The summed E-state index contributed by atoms with van der Waals surface area (Å²) in [7, 11) is 1.83. The van der Waals surface area contributed by atoms with Crippen LogP contribution in [0.4, 0.5) is 0 Å². The molecule has 9 heteroatoms. The summed E-state index contributed by atoms with van der Waals surface area (Å²) in [6.07, 6.45) is 6.83. The summed E-state index contributed by atoms with van der Waals surface area (Å²) in [6, 6.07) is 10.7. The Morgan fingerprint density at radius 1 is 1.10 bits per heavy atom. The van der Waals surface area contributed by atoms with Gasteiger partial charge in [0.25, 0.3) is 0 Å². The Hall–Kier alpha value is -3.65. The third-order valence-electron chi connectivity index (χ3n) is 4.49. The first-order valence-electron chi connectivity index (χ1n) is 9.53. The summed E-state index contributed by atoms with van der Waals surface area (Å²) >= 11 is 6.03. The van der Waals surface area contributed by atoms with E-state index in [0.717, 1.165) is 11.1 Å². The van der Waals surface area contributed by atoms with Gasteiger partial charge in [0.05, 0.1) is 24.6 Å². The monoisotopic (exact) mass is 437 g/mol. The highest BCUT2D eigenvalue weighted by molar-refractivity contribution is 6.31. The van der Waals surface area contributed by atoms with Gasteiger partial charge in [0, 0.05) is 36.1 Å². The molecule has 1 aromatic carbocycles. The van der Waals surface area contributed by atoms with Crippen LogP contribution in [0.25, 0.3) is 0 Å². The van der Waals surface area contributed by atoms with Crippen LogP contribution in [0.3, 0.4) is 0 Å². The molecule has 4 aromatic rings. The maximum Gasteiger partial charge on any atom is 0.351 e. The molecule has 0 aliphatic carbocycles. The summed E-state index contributed by atoms with van der Waals surface area (Å²) in [5.74, 6) is 1.52. The molecule has 0 atom stereocenters. The van der Waals surface area contributed by atoms with Crippen molar-refractivity contribution in [2.75, 3.05) is 0 Å². The van der Waals surface area contributed by atoms with Gasteiger partial charge in [-0.15, -0.1) is 0 Å². The Balaban J connectivity index is 1.35. The first-order chi connectivity index (χ1) is 15.0. The number of rotatable bonds is 7. The predicted molar refractivity (Wildman–Crippen MR) is 116 cm³/mol. The first kappa shape index (κ1) is 20.6. The van der Waals surface area contributed by atoms with Crippen molar-refractivity contribution >= 4 is 11.6 Å². The van der Waals surface area contributed by atoms with Crippen molar-refractivity contribution in [3.8, 4) is 17.4 Å². The summed E-state index contributed by atoms with van der Waals surface area (Å²) in [5.41, 5.74) is 2.14. The molecule has 0 saturated heterocycles. The van der Waals surface area contributed by atoms with Crippen molar-refractivity contribution in [2.24, 2.45) is 7.05 Å². The van der Waals surface area contributed by atoms with Crippen LogP contribution in [0.15, 0.2) is 66.0 Å². The molecule has 0 aliphatic rings. The van der Waals surface area contributed by atoms with Gasteiger partial charge in [-0.1, -0.05) is 11.6 Å². The second kappa shape index (κ2) is 9.01. The number of benzene rings is 1. The average molecular weight is 438 g/mol. The second-order valence-corrected chi connectivity index (χ2v) is 7.39. The van der Waals surface area contributed by atoms with Crippen molar-refractivity contribution in [3.63, 3.8) is 0 Å². The maximum absolute atomic E-state index is 12.2. The highest BCUT2D eigenvalue weighted by Gasteiger charge is 2.06. The van der Waals surface area contributed by atoms with E-state index in [-0.39, 0.29) is 12.5 Å². The van der Waals surface area contributed by atoms with E-state index in [9.17, 15) is 4.79 Å². The number of hydrogen-bond donors (Lipinski definition) is 0. The average Bonchev–Trinajstić information content (AvgIpc) is 3.17. The summed E-state index contributed by atoms with van der Waals surface area (Å²) in [5, 5.41) is 4.79. The molecule has 0 N–H and O–H groups in total. The van der Waals surface area contributed by atoms with Gasteiger partial charge in [-0.25, -0.2) is 4.79 Å². The van der Waals surface area contributed by atoms with Crippen molar-refractivity contribution < 1.29 is 9.47 Å². The third kappa shape index (κ3) is 5.29. The first-order valence-corrected chi connectivity index (χ1v) is 9.91. The Kier molecular flexibility index (Phi) is 5.99. The smallest absolute Gasteiger partial charge is 0.351 e. The molecular formula is C22H20ClN5O3. The van der Waals surface area contributed by atoms with Crippen molar-refractivity contribution in [1.29, 1.82) is 0 Å². The summed E-state index contributed by atoms with van der Waals surface area (Å²) in [4.78, 5) is 20.5. The topological polar surface area (TPSA) is 84.1 Å². The summed E-state index contributed by atoms with van der Waals surface area (Å²) in [6.45, 7) is 2.49. The number of pyridine rings is 1. The molecular weight excluding hydrogens is 418 g/mol. The van der Waals surface area contributed by atoms with E-state index in [4.69, 9.17) is 21.1 Å². The van der Waals surface area contributed by atoms with Crippen molar-refractivity contribution in [1.82, 2.24) is 24.3 Å². The SMILES string of the molecule is Cc1cc(Oc2ccc(COc3ccn(Cc4cnn(C)c4)c(=O)n3)nc2)ccc1Cl. The van der Waals surface area contributed by atoms with Crippen molar-refractivity contribution in [2.45, 2.75) is 20.1 Å². The van der Waals surface area contributed by atoms with E-state index in [1.807, 2.05) is 26.2 Å². The quantitative estimate of drug-likeness (QED) is 0.437. The standard InChI is InChI=1S/C22H20ClN5O3/c1-15-9-18(5-6-20(15)23)31-19-4-3-17(24-11-19)14-30-21-7-8-28(22(29)26-21)13-16-10-25-27(2)12-16/h3-12H,13-14H2,1-2H3. The Morgan fingerprint density at radius 3 is 2.61 bits per heavy atom. The van der Waals surface area contributed by atoms with E-state index >= 15 is 0 Å². The number of ether oxygens (including phenoxy) is 2. The Morgan fingerprint density at radius 2 is 1.94 bits per heavy atom. The Labute approximate surface area is 183 Å². The lowest BCUT2D eigenvalue weighted by Crippen LogP contribution is -2.23. The molecule has 0 unspecified atom stereocenters. The third-order valence-corrected chi connectivity index (χ3v) is 4.91. The van der Waals surface area contributed by atoms with Crippen LogP contribution >= 0.6 is 11.6 Å². The van der Waals surface area contributed by atoms with E-state index in [2.05, 4.69) is 15.1 Å². The van der Waals surface area contributed by atoms with Crippen LogP contribution in [-0.4, -0.2) is 24.3 Å². The number of hydrogen-bond acceptors (Lipinski definition) is 6. The Bertz CT molecular complexity index is 1250. The van der Waals surface area contributed by atoms with Gasteiger partial charge in [0.2, 0.25) is 5.88 Å². The normalized spacial score (nSPS) is 10.8. The maximum atomic E-state index is 12.2. The van der Waals surface area contributed by atoms with Crippen LogP contribution in [0.2, 0.25) is 5.02 Å². The number of nitrogens with zero attached hydrogens (tertiary/aromatic N) is 5. The van der Waals surface area contributed by atoms with E-state index in [1.165, 1.54) is 4.57 Å². The minimum atomic E-state index is -0.392. The van der Waals surface area contributed by atoms with Crippen molar-refractivity contribution in [3.05, 3.63) is 93.5 Å². The van der Waals surface area contributed by atoms with Crippen LogP contribution in [0, 0.1) is 6.92 Å². The fraction of sp³-hybridized carbons (Fsp3) is 0.182. The lowest BCUT2D eigenvalue weighted by Gasteiger charge is -2.09. The van der Waals surface area contributed by atoms with Gasteiger partial charge in [0.1, 0.15) is 18.1 Å². The zero-order valence-electron chi connectivity index (χ0n) is 17.0. The highest BCUT2D eigenvalue weighted by atomic mass is 35.5. The molecule has 8 nitrogen and oxygen atoms in total. The largest absolute Gasteiger partial charge is 0.471 e. The minimum Gasteiger partial charge on any atom is -0.471 e. The zero-order chi connectivity index (χ0) is 21.8. The molecule has 0 bridgehead atoms. The number of aromatic nitrogens is 5. The fourth-order valence-corrected chi connectivity index (χ4v) is 3.00. The van der Waals surface area contributed by atoms with Gasteiger partial charge >= 0.3 is 5.69 Å². The van der Waals surface area contributed by atoms with E-state index < -0.39 is 5.69 Å². The van der Waals surface area contributed by atoms with Crippen LogP contribution in [-0.2, 0) is 20.2 Å². The van der Waals surface area contributed by atoms with Crippen LogP contribution in [0.5, 0.6) is 17.4 Å². The second-order valence-electron chi connectivity index (χ2n) is 6.99. The predicted octanol–water partition coefficient (Wildman–Crippen LogP) is 3.75. The molecule has 4 rings (SSSR count). The van der Waals surface area contributed by atoms with E-state index in [1.54, 1.807) is 53.6 Å². The van der Waals surface area contributed by atoms with Gasteiger partial charge < -0.3 is 9.47 Å². The minimum absolute atomic E-state index is 0.180. The molecule has 0 amide bonds. The van der Waals surface area contributed by atoms with E-state index in [0.29, 0.717) is 28.8 Å². The summed E-state index contributed by atoms with van der Waals surface area (Å²) < 4.78 is 14.6. The molecule has 0 aliphatic heterocycles. The van der Waals surface area contributed by atoms with Gasteiger partial charge in [0.15, 0.2) is 0 Å². The lowest BCUT2D eigenvalue weighted by atomic mass is 10.2. The molecule has 0 saturated carbocycles. The molecule has 0 fully saturated rings. The molecule has 3 aromatic heterocycles. The fourth-order valence-electron chi connectivity index (χ4n) is 2.89. The number of aryl methyl sites for hydroxylation is 2. The molecule has 158 valence electrons. The molecule has 31 heavy (non-hydrogen) atoms. The van der Waals surface area contributed by atoms with Crippen LogP contribution < -0.4 is 15.2 Å². The highest BCUT2D eigenvalue weighted by Crippen LogP contribution is 2.25. The molecule has 0 radical (unpaired) electrons. The zero-order valence-corrected chi connectivity index (χ0v) is 17.8. The van der Waals surface area contributed by atoms with Gasteiger partial charge in [-0.2, -0.15) is 10.1 Å². The van der Waals surface area contributed by atoms with Crippen LogP contribution in [0.1, 0.15) is 16.8 Å². The molecule has 0 spiro atoms. The number of halogens is 1. The van der Waals surface area contributed by atoms with Gasteiger partial charge in [-0.3, -0.25) is 14.2 Å². The lowest BCUT2D eigenvalue weighted by molar-refractivity contribution is 0.286. The molecule has 3 heterocycles. The van der Waals surface area contributed by atoms with Gasteiger partial charge in [-0.05, 0) is 42.8 Å².